The molecule has 1 aliphatic heterocycles. The standard InChI is InChI=1S/C21H25N5O3S/c1-13(2)25-12-18(14(3)23-25)30(27,28)26-17-10-9-16(11-17)19(26)21-22-20(24-29-21)15-7-5-4-6-8-15/h4-8,12-13,16-17,19H,9-11H2,1-3H3/t16-,17-,19+/m0/s1. The Hall–Kier alpha value is -2.52. The summed E-state index contributed by atoms with van der Waals surface area (Å²) < 4.78 is 36.4. The van der Waals surface area contributed by atoms with Crippen LogP contribution in [0.15, 0.2) is 45.9 Å². The van der Waals surface area contributed by atoms with Gasteiger partial charge in [0.05, 0.1) is 5.69 Å². The Morgan fingerprint density at radius 1 is 1.17 bits per heavy atom. The molecule has 3 aromatic rings. The molecule has 0 spiro atoms. The van der Waals surface area contributed by atoms with Crippen LogP contribution in [0.2, 0.25) is 0 Å². The molecule has 9 heteroatoms. The molecule has 5 rings (SSSR count). The number of aromatic nitrogens is 4. The number of hydrogen-bond acceptors (Lipinski definition) is 6. The number of benzene rings is 1. The van der Waals surface area contributed by atoms with Crippen molar-refractivity contribution in [2.24, 2.45) is 5.92 Å². The minimum atomic E-state index is -3.74. The minimum Gasteiger partial charge on any atom is -0.337 e. The van der Waals surface area contributed by atoms with Crippen molar-refractivity contribution < 1.29 is 12.9 Å². The first-order valence-electron chi connectivity index (χ1n) is 10.3. The lowest BCUT2D eigenvalue weighted by molar-refractivity contribution is 0.197. The molecule has 2 aliphatic rings. The number of rotatable bonds is 5. The molecule has 0 N–H and O–H groups in total. The zero-order valence-electron chi connectivity index (χ0n) is 17.3. The Balaban J connectivity index is 1.54. The predicted octanol–water partition coefficient (Wildman–Crippen LogP) is 3.74. The van der Waals surface area contributed by atoms with Gasteiger partial charge in [-0.1, -0.05) is 35.5 Å². The molecular formula is C21H25N5O3S. The molecule has 3 heterocycles. The summed E-state index contributed by atoms with van der Waals surface area (Å²) in [5.41, 5.74) is 1.36. The third-order valence-electron chi connectivity index (χ3n) is 6.21. The van der Waals surface area contributed by atoms with Gasteiger partial charge < -0.3 is 4.52 Å². The maximum Gasteiger partial charge on any atom is 0.247 e. The third-order valence-corrected chi connectivity index (χ3v) is 8.25. The minimum absolute atomic E-state index is 0.0427. The second kappa shape index (κ2) is 7.02. The van der Waals surface area contributed by atoms with Crippen molar-refractivity contribution in [1.29, 1.82) is 0 Å². The van der Waals surface area contributed by atoms with E-state index in [2.05, 4.69) is 15.2 Å². The Kier molecular flexibility index (Phi) is 4.55. The average Bonchev–Trinajstić information content (AvgIpc) is 3.50. The van der Waals surface area contributed by atoms with Gasteiger partial charge in [-0.3, -0.25) is 4.68 Å². The van der Waals surface area contributed by atoms with Gasteiger partial charge in [0.1, 0.15) is 10.9 Å². The second-order valence-electron chi connectivity index (χ2n) is 8.48. The van der Waals surface area contributed by atoms with E-state index in [0.29, 0.717) is 17.4 Å². The van der Waals surface area contributed by atoms with E-state index in [-0.39, 0.29) is 22.9 Å². The van der Waals surface area contributed by atoms with Crippen LogP contribution < -0.4 is 0 Å². The summed E-state index contributed by atoms with van der Waals surface area (Å²) in [5, 5.41) is 8.54. The molecule has 1 saturated heterocycles. The molecule has 1 aromatic carbocycles. The van der Waals surface area contributed by atoms with E-state index < -0.39 is 16.1 Å². The molecule has 0 amide bonds. The Labute approximate surface area is 175 Å². The molecule has 30 heavy (non-hydrogen) atoms. The van der Waals surface area contributed by atoms with E-state index in [1.165, 1.54) is 0 Å². The van der Waals surface area contributed by atoms with Crippen LogP contribution in [0.5, 0.6) is 0 Å². The summed E-state index contributed by atoms with van der Waals surface area (Å²) in [5.74, 6) is 1.04. The van der Waals surface area contributed by atoms with E-state index in [4.69, 9.17) is 4.52 Å². The molecule has 8 nitrogen and oxygen atoms in total. The molecule has 1 saturated carbocycles. The molecule has 2 aromatic heterocycles. The zero-order chi connectivity index (χ0) is 21.0. The van der Waals surface area contributed by atoms with Crippen LogP contribution in [0.1, 0.15) is 56.8 Å². The lowest BCUT2D eigenvalue weighted by Gasteiger charge is -2.31. The maximum absolute atomic E-state index is 13.7. The first kappa shape index (κ1) is 19.4. The number of piperidine rings is 1. The van der Waals surface area contributed by atoms with Gasteiger partial charge in [0, 0.05) is 23.8 Å². The molecular weight excluding hydrogens is 402 g/mol. The van der Waals surface area contributed by atoms with Crippen LogP contribution >= 0.6 is 0 Å². The van der Waals surface area contributed by atoms with Crippen LogP contribution in [0.3, 0.4) is 0 Å². The fourth-order valence-electron chi connectivity index (χ4n) is 4.76. The van der Waals surface area contributed by atoms with Gasteiger partial charge in [-0.05, 0) is 46.0 Å². The van der Waals surface area contributed by atoms with Crippen LogP contribution in [0.4, 0.5) is 0 Å². The van der Waals surface area contributed by atoms with Gasteiger partial charge in [0.2, 0.25) is 21.7 Å². The summed E-state index contributed by atoms with van der Waals surface area (Å²) in [6.07, 6.45) is 4.29. The molecule has 3 atom stereocenters. The van der Waals surface area contributed by atoms with Crippen molar-refractivity contribution in [2.75, 3.05) is 0 Å². The molecule has 2 bridgehead atoms. The molecule has 1 aliphatic carbocycles. The van der Waals surface area contributed by atoms with E-state index in [9.17, 15) is 8.42 Å². The van der Waals surface area contributed by atoms with E-state index in [1.54, 1.807) is 22.1 Å². The van der Waals surface area contributed by atoms with E-state index >= 15 is 0 Å². The fourth-order valence-corrected chi connectivity index (χ4v) is 6.78. The van der Waals surface area contributed by atoms with Gasteiger partial charge in [0.15, 0.2) is 0 Å². The van der Waals surface area contributed by atoms with Gasteiger partial charge in [-0.2, -0.15) is 14.4 Å². The van der Waals surface area contributed by atoms with Crippen molar-refractivity contribution in [3.63, 3.8) is 0 Å². The van der Waals surface area contributed by atoms with Crippen molar-refractivity contribution >= 4 is 10.0 Å². The quantitative estimate of drug-likeness (QED) is 0.616. The van der Waals surface area contributed by atoms with Crippen LogP contribution in [-0.4, -0.2) is 38.7 Å². The normalized spacial score (nSPS) is 24.2. The first-order chi connectivity index (χ1) is 14.4. The Morgan fingerprint density at radius 3 is 2.63 bits per heavy atom. The van der Waals surface area contributed by atoms with Crippen LogP contribution in [-0.2, 0) is 10.0 Å². The summed E-state index contributed by atoms with van der Waals surface area (Å²) in [6.45, 7) is 5.70. The highest BCUT2D eigenvalue weighted by Crippen LogP contribution is 2.52. The summed E-state index contributed by atoms with van der Waals surface area (Å²) in [7, 11) is -3.74. The Bertz CT molecular complexity index is 1170. The Morgan fingerprint density at radius 2 is 1.93 bits per heavy atom. The molecule has 158 valence electrons. The zero-order valence-corrected chi connectivity index (χ0v) is 18.1. The maximum atomic E-state index is 13.7. The highest BCUT2D eigenvalue weighted by atomic mass is 32.2. The second-order valence-corrected chi connectivity index (χ2v) is 10.3. The first-order valence-corrected chi connectivity index (χ1v) is 11.8. The molecule has 0 radical (unpaired) electrons. The topological polar surface area (TPSA) is 94.1 Å². The number of nitrogens with zero attached hydrogens (tertiary/aromatic N) is 5. The lowest BCUT2D eigenvalue weighted by Crippen LogP contribution is -2.40. The van der Waals surface area contributed by atoms with Gasteiger partial charge in [0.25, 0.3) is 0 Å². The smallest absolute Gasteiger partial charge is 0.247 e. The van der Waals surface area contributed by atoms with E-state index in [1.807, 2.05) is 44.2 Å². The van der Waals surface area contributed by atoms with Crippen LogP contribution in [0, 0.1) is 12.8 Å². The van der Waals surface area contributed by atoms with Gasteiger partial charge >= 0.3 is 0 Å². The SMILES string of the molecule is Cc1nn(C(C)C)cc1S(=O)(=O)N1[C@H]2CC[C@@H](C2)[C@@H]1c1nc(-c2ccccc2)no1. The number of fused-ring (bicyclic) bond motifs is 2. The van der Waals surface area contributed by atoms with E-state index in [0.717, 1.165) is 24.8 Å². The van der Waals surface area contributed by atoms with Crippen LogP contribution in [0.25, 0.3) is 11.4 Å². The summed E-state index contributed by atoms with van der Waals surface area (Å²) in [4.78, 5) is 4.85. The van der Waals surface area contributed by atoms with Crippen molar-refractivity contribution in [2.45, 2.75) is 63.1 Å². The van der Waals surface area contributed by atoms with Crippen molar-refractivity contribution in [3.05, 3.63) is 48.1 Å². The summed E-state index contributed by atoms with van der Waals surface area (Å²) in [6, 6.07) is 9.18. The predicted molar refractivity (Wildman–Crippen MR) is 110 cm³/mol. The summed E-state index contributed by atoms with van der Waals surface area (Å²) >= 11 is 0. The van der Waals surface area contributed by atoms with Gasteiger partial charge in [-0.25, -0.2) is 8.42 Å². The highest BCUT2D eigenvalue weighted by molar-refractivity contribution is 7.89. The van der Waals surface area contributed by atoms with Gasteiger partial charge in [-0.15, -0.1) is 0 Å². The van der Waals surface area contributed by atoms with Crippen molar-refractivity contribution in [3.8, 4) is 11.4 Å². The van der Waals surface area contributed by atoms with Crippen molar-refractivity contribution in [1.82, 2.24) is 24.2 Å². The molecule has 0 unspecified atom stereocenters. The number of hydrogen-bond donors (Lipinski definition) is 0. The molecule has 2 fully saturated rings. The number of sulfonamides is 1. The fraction of sp³-hybridized carbons (Fsp3) is 0.476. The monoisotopic (exact) mass is 427 g/mol. The average molecular weight is 428 g/mol. The largest absolute Gasteiger partial charge is 0.337 e. The number of aryl methyl sites for hydroxylation is 1. The lowest BCUT2D eigenvalue weighted by atomic mass is 10.00. The third kappa shape index (κ3) is 2.99. The highest BCUT2D eigenvalue weighted by Gasteiger charge is 2.54.